The Morgan fingerprint density at radius 2 is 2.11 bits per heavy atom. The van der Waals surface area contributed by atoms with E-state index in [1.54, 1.807) is 36.6 Å². The molecule has 0 saturated carbocycles. The van der Waals surface area contributed by atoms with Gasteiger partial charge in [-0.25, -0.2) is 0 Å². The Bertz CT molecular complexity index is 896. The predicted octanol–water partition coefficient (Wildman–Crippen LogP) is 3.07. The molecule has 0 bridgehead atoms. The molecule has 27 heavy (non-hydrogen) atoms. The molecule has 1 amide bonds. The fourth-order valence-electron chi connectivity index (χ4n) is 2.65. The molecule has 0 fully saturated rings. The zero-order chi connectivity index (χ0) is 19.2. The van der Waals surface area contributed by atoms with E-state index in [2.05, 4.69) is 15.5 Å². The first-order valence-electron chi connectivity index (χ1n) is 8.50. The summed E-state index contributed by atoms with van der Waals surface area (Å²) in [4.78, 5) is 13.4. The van der Waals surface area contributed by atoms with Gasteiger partial charge in [0.25, 0.3) is 17.7 Å². The predicted molar refractivity (Wildman–Crippen MR) is 102 cm³/mol. The van der Waals surface area contributed by atoms with Crippen LogP contribution in [0.15, 0.2) is 45.4 Å². The van der Waals surface area contributed by atoms with Crippen molar-refractivity contribution in [1.82, 2.24) is 10.2 Å². The number of nitrogens with one attached hydrogen (secondary N) is 2. The Balaban J connectivity index is 1.63. The number of carbonyl (C=O) groups excluding carboxylic acids is 1. The lowest BCUT2D eigenvalue weighted by Crippen LogP contribution is -3.11. The minimum Gasteiger partial charge on any atom is -0.459 e. The zero-order valence-corrected chi connectivity index (χ0v) is 16.2. The second-order valence-corrected chi connectivity index (χ2v) is 6.85. The minimum atomic E-state index is -0.173. The van der Waals surface area contributed by atoms with Crippen LogP contribution in [0.3, 0.4) is 0 Å². The number of nitrogens with zero attached hydrogens (tertiary/aromatic N) is 2. The van der Waals surface area contributed by atoms with Crippen molar-refractivity contribution in [1.29, 1.82) is 0 Å². The molecule has 0 radical (unpaired) electrons. The molecule has 0 aliphatic heterocycles. The van der Waals surface area contributed by atoms with E-state index in [0.717, 1.165) is 17.9 Å². The number of halogens is 2. The lowest BCUT2D eigenvalue weighted by molar-refractivity contribution is -0.907. The zero-order valence-electron chi connectivity index (χ0n) is 14.7. The molecule has 3 rings (SSSR count). The second-order valence-electron chi connectivity index (χ2n) is 6.00. The van der Waals surface area contributed by atoms with Crippen molar-refractivity contribution >= 4 is 34.8 Å². The summed E-state index contributed by atoms with van der Waals surface area (Å²) in [7, 11) is 0. The van der Waals surface area contributed by atoms with Crippen molar-refractivity contribution in [3.05, 3.63) is 52.5 Å². The van der Waals surface area contributed by atoms with Gasteiger partial charge in [-0.05, 0) is 36.8 Å². The SMILES string of the molecule is CCC[NH+](CC(=O)Nc1cc(Cl)ccc1Cl)Cc1nnc(-c2ccco2)o1. The largest absolute Gasteiger partial charge is 0.459 e. The van der Waals surface area contributed by atoms with Crippen LogP contribution in [-0.4, -0.2) is 29.2 Å². The van der Waals surface area contributed by atoms with Crippen LogP contribution in [0.4, 0.5) is 5.69 Å². The number of hydrogen-bond donors (Lipinski definition) is 2. The summed E-state index contributed by atoms with van der Waals surface area (Å²) in [5, 5.41) is 11.8. The summed E-state index contributed by atoms with van der Waals surface area (Å²) in [6, 6.07) is 8.43. The van der Waals surface area contributed by atoms with E-state index < -0.39 is 0 Å². The summed E-state index contributed by atoms with van der Waals surface area (Å²) >= 11 is 12.1. The Hall–Kier alpha value is -2.35. The number of amides is 1. The first-order chi connectivity index (χ1) is 13.0. The van der Waals surface area contributed by atoms with Crippen molar-refractivity contribution in [2.75, 3.05) is 18.4 Å². The van der Waals surface area contributed by atoms with E-state index in [4.69, 9.17) is 32.0 Å². The Kier molecular flexibility index (Phi) is 6.49. The minimum absolute atomic E-state index is 0.173. The summed E-state index contributed by atoms with van der Waals surface area (Å²) in [5.41, 5.74) is 0.489. The molecule has 0 spiro atoms. The third-order valence-electron chi connectivity index (χ3n) is 3.82. The maximum Gasteiger partial charge on any atom is 0.283 e. The normalized spacial score (nSPS) is 12.1. The topological polar surface area (TPSA) is 85.6 Å². The van der Waals surface area contributed by atoms with Crippen LogP contribution in [0, 0.1) is 0 Å². The molecule has 0 aliphatic rings. The quantitative estimate of drug-likeness (QED) is 0.596. The smallest absolute Gasteiger partial charge is 0.283 e. The molecular formula is C18H19Cl2N4O3+. The Labute approximate surface area is 166 Å². The molecule has 3 aromatic rings. The Morgan fingerprint density at radius 3 is 2.85 bits per heavy atom. The van der Waals surface area contributed by atoms with Crippen LogP contribution in [0.2, 0.25) is 10.0 Å². The van der Waals surface area contributed by atoms with Crippen LogP contribution in [0.1, 0.15) is 19.2 Å². The van der Waals surface area contributed by atoms with Crippen LogP contribution < -0.4 is 10.2 Å². The van der Waals surface area contributed by atoms with E-state index in [-0.39, 0.29) is 12.5 Å². The lowest BCUT2D eigenvalue weighted by Gasteiger charge is -2.17. The van der Waals surface area contributed by atoms with Crippen molar-refractivity contribution in [2.24, 2.45) is 0 Å². The monoisotopic (exact) mass is 409 g/mol. The first-order valence-corrected chi connectivity index (χ1v) is 9.25. The maximum atomic E-state index is 12.4. The molecule has 2 N–H and O–H groups in total. The van der Waals surface area contributed by atoms with E-state index >= 15 is 0 Å². The van der Waals surface area contributed by atoms with Gasteiger partial charge in [0.15, 0.2) is 18.8 Å². The number of rotatable bonds is 8. The third-order valence-corrected chi connectivity index (χ3v) is 4.38. The molecule has 0 aliphatic carbocycles. The molecule has 1 unspecified atom stereocenters. The summed E-state index contributed by atoms with van der Waals surface area (Å²) in [5.74, 6) is 1.10. The van der Waals surface area contributed by atoms with Crippen LogP contribution in [-0.2, 0) is 11.3 Å². The van der Waals surface area contributed by atoms with Gasteiger partial charge in [0.2, 0.25) is 0 Å². The van der Waals surface area contributed by atoms with Crippen LogP contribution >= 0.6 is 23.2 Å². The Morgan fingerprint density at radius 1 is 1.26 bits per heavy atom. The molecule has 1 atom stereocenters. The van der Waals surface area contributed by atoms with Gasteiger partial charge in [0.1, 0.15) is 0 Å². The van der Waals surface area contributed by atoms with Crippen molar-refractivity contribution in [3.8, 4) is 11.7 Å². The molecule has 142 valence electrons. The van der Waals surface area contributed by atoms with E-state index in [0.29, 0.717) is 39.8 Å². The van der Waals surface area contributed by atoms with Gasteiger partial charge >= 0.3 is 0 Å². The standard InChI is InChI=1S/C18H18Cl2N4O3/c1-2-7-24(10-16(25)21-14-9-12(19)5-6-13(14)20)11-17-22-23-18(27-17)15-4-3-8-26-15/h3-6,8-9H,2,7,10-11H2,1H3,(H,21,25)/p+1. The summed E-state index contributed by atoms with van der Waals surface area (Å²) in [6.45, 7) is 3.48. The van der Waals surface area contributed by atoms with Crippen LogP contribution in [0.25, 0.3) is 11.7 Å². The number of aromatic nitrogens is 2. The molecule has 7 nitrogen and oxygen atoms in total. The molecule has 2 heterocycles. The number of benzene rings is 1. The number of furan rings is 1. The number of anilines is 1. The van der Waals surface area contributed by atoms with E-state index in [1.807, 2.05) is 6.92 Å². The van der Waals surface area contributed by atoms with Gasteiger partial charge in [-0.3, -0.25) is 4.79 Å². The molecular weight excluding hydrogens is 391 g/mol. The van der Waals surface area contributed by atoms with Crippen molar-refractivity contribution < 1.29 is 18.5 Å². The molecule has 9 heteroatoms. The van der Waals surface area contributed by atoms with E-state index in [9.17, 15) is 4.79 Å². The van der Waals surface area contributed by atoms with Crippen molar-refractivity contribution in [2.45, 2.75) is 19.9 Å². The summed E-state index contributed by atoms with van der Waals surface area (Å²) < 4.78 is 10.9. The first kappa shape index (κ1) is 19.4. The highest BCUT2D eigenvalue weighted by molar-refractivity contribution is 6.35. The van der Waals surface area contributed by atoms with Gasteiger partial charge in [-0.1, -0.05) is 30.1 Å². The van der Waals surface area contributed by atoms with Gasteiger partial charge in [0, 0.05) is 5.02 Å². The maximum absolute atomic E-state index is 12.4. The average molecular weight is 410 g/mol. The highest BCUT2D eigenvalue weighted by atomic mass is 35.5. The van der Waals surface area contributed by atoms with Gasteiger partial charge in [-0.2, -0.15) is 0 Å². The fourth-order valence-corrected chi connectivity index (χ4v) is 2.98. The molecule has 1 aromatic carbocycles. The molecule has 2 aromatic heterocycles. The van der Waals surface area contributed by atoms with Gasteiger partial charge in [0.05, 0.1) is 23.5 Å². The highest BCUT2D eigenvalue weighted by Crippen LogP contribution is 2.25. The molecule has 0 saturated heterocycles. The second kappa shape index (κ2) is 9.03. The fraction of sp³-hybridized carbons (Fsp3) is 0.278. The summed E-state index contributed by atoms with van der Waals surface area (Å²) in [6.07, 6.45) is 2.44. The highest BCUT2D eigenvalue weighted by Gasteiger charge is 2.19. The lowest BCUT2D eigenvalue weighted by atomic mass is 10.3. The number of hydrogen-bond acceptors (Lipinski definition) is 5. The van der Waals surface area contributed by atoms with Crippen LogP contribution in [0.5, 0.6) is 0 Å². The van der Waals surface area contributed by atoms with Crippen molar-refractivity contribution in [3.63, 3.8) is 0 Å². The number of quaternary nitrogens is 1. The number of carbonyl (C=O) groups is 1. The van der Waals surface area contributed by atoms with E-state index in [1.165, 1.54) is 0 Å². The van der Waals surface area contributed by atoms with Gasteiger partial charge < -0.3 is 19.1 Å². The third kappa shape index (κ3) is 5.32. The average Bonchev–Trinajstić information content (AvgIpc) is 3.29. The van der Waals surface area contributed by atoms with Gasteiger partial charge in [-0.15, -0.1) is 10.2 Å².